The summed E-state index contributed by atoms with van der Waals surface area (Å²) in [5.41, 5.74) is 0. The van der Waals surface area contributed by atoms with Crippen LogP contribution in [0.4, 0.5) is 0 Å². The van der Waals surface area contributed by atoms with Gasteiger partial charge in [0.15, 0.2) is 0 Å². The second-order valence-electron chi connectivity index (χ2n) is 7.83. The molecule has 1 atom stereocenters. The zero-order valence-corrected chi connectivity index (χ0v) is 18.3. The minimum Gasteiger partial charge on any atom is -0.394 e. The summed E-state index contributed by atoms with van der Waals surface area (Å²) >= 11 is 0. The lowest BCUT2D eigenvalue weighted by molar-refractivity contribution is -0.122. The zero-order valence-electron chi connectivity index (χ0n) is 18.3. The molecule has 0 aromatic carbocycles. The number of aliphatic hydroxyl groups excluding tert-OH is 1. The molecule has 0 aromatic rings. The summed E-state index contributed by atoms with van der Waals surface area (Å²) in [4.78, 5) is 11.9. The van der Waals surface area contributed by atoms with E-state index in [-0.39, 0.29) is 18.6 Å². The van der Waals surface area contributed by atoms with Crippen molar-refractivity contribution in [3.63, 3.8) is 0 Å². The van der Waals surface area contributed by atoms with Crippen LogP contribution in [0, 0.1) is 0 Å². The number of carbonyl (C=O) groups is 1. The molecule has 1 amide bonds. The van der Waals surface area contributed by atoms with E-state index in [2.05, 4.69) is 19.2 Å². The molecular weight excluding hydrogens is 338 g/mol. The normalized spacial score (nSPS) is 12.3. The molecular formula is C23H47NO3. The van der Waals surface area contributed by atoms with Gasteiger partial charge in [0.05, 0.1) is 12.7 Å². The van der Waals surface area contributed by atoms with Gasteiger partial charge in [0.25, 0.3) is 0 Å². The Kier molecular flexibility index (Phi) is 21.2. The van der Waals surface area contributed by atoms with Gasteiger partial charge in [0, 0.05) is 19.6 Å². The highest BCUT2D eigenvalue weighted by molar-refractivity contribution is 5.75. The minimum absolute atomic E-state index is 0.0336. The number of carbonyl (C=O) groups excluding carboxylic acids is 1. The van der Waals surface area contributed by atoms with Gasteiger partial charge in [0.1, 0.15) is 0 Å². The lowest BCUT2D eigenvalue weighted by Gasteiger charge is -2.16. The standard InChI is InChI=1S/C23H47NO3/c1-3-5-7-9-11-12-13-14-16-18-23(26)24-20-22(21-25)27-19-17-15-10-8-6-4-2/h22,25H,3-21H2,1-2H3,(H,24,26). The molecule has 4 heteroatoms. The molecule has 0 aliphatic carbocycles. The highest BCUT2D eigenvalue weighted by Crippen LogP contribution is 2.10. The van der Waals surface area contributed by atoms with Crippen LogP contribution in [0.15, 0.2) is 0 Å². The van der Waals surface area contributed by atoms with Crippen molar-refractivity contribution in [3.05, 3.63) is 0 Å². The Labute approximate surface area is 168 Å². The van der Waals surface area contributed by atoms with Crippen molar-refractivity contribution in [2.24, 2.45) is 0 Å². The van der Waals surface area contributed by atoms with E-state index in [9.17, 15) is 9.90 Å². The van der Waals surface area contributed by atoms with Crippen molar-refractivity contribution in [3.8, 4) is 0 Å². The van der Waals surface area contributed by atoms with Crippen molar-refractivity contribution in [2.45, 2.75) is 123 Å². The van der Waals surface area contributed by atoms with E-state index in [1.807, 2.05) is 0 Å². The molecule has 0 heterocycles. The number of rotatable bonds is 21. The van der Waals surface area contributed by atoms with E-state index in [4.69, 9.17) is 4.74 Å². The van der Waals surface area contributed by atoms with Crippen LogP contribution < -0.4 is 5.32 Å². The SMILES string of the molecule is CCCCCCCCCCCC(=O)NCC(CO)OCCCCCCCC. The number of amides is 1. The van der Waals surface area contributed by atoms with Gasteiger partial charge in [0.2, 0.25) is 5.91 Å². The lowest BCUT2D eigenvalue weighted by Crippen LogP contribution is -2.35. The molecule has 1 unspecified atom stereocenters. The fourth-order valence-corrected chi connectivity index (χ4v) is 3.22. The molecule has 0 bridgehead atoms. The molecule has 0 aromatic heterocycles. The first-order chi connectivity index (χ1) is 13.2. The molecule has 0 saturated heterocycles. The maximum Gasteiger partial charge on any atom is 0.220 e. The molecule has 4 nitrogen and oxygen atoms in total. The van der Waals surface area contributed by atoms with Gasteiger partial charge >= 0.3 is 0 Å². The molecule has 162 valence electrons. The van der Waals surface area contributed by atoms with Crippen LogP contribution in [0.5, 0.6) is 0 Å². The Morgan fingerprint density at radius 3 is 1.78 bits per heavy atom. The summed E-state index contributed by atoms with van der Waals surface area (Å²) in [6, 6.07) is 0. The van der Waals surface area contributed by atoms with E-state index in [1.165, 1.54) is 77.0 Å². The highest BCUT2D eigenvalue weighted by Gasteiger charge is 2.09. The molecule has 0 radical (unpaired) electrons. The van der Waals surface area contributed by atoms with Crippen LogP contribution in [-0.4, -0.2) is 36.9 Å². The predicted molar refractivity (Wildman–Crippen MR) is 115 cm³/mol. The summed E-state index contributed by atoms with van der Waals surface area (Å²) in [5, 5.41) is 12.3. The van der Waals surface area contributed by atoms with Gasteiger partial charge in [-0.15, -0.1) is 0 Å². The predicted octanol–water partition coefficient (Wildman–Crippen LogP) is 5.76. The Hall–Kier alpha value is -0.610. The fourth-order valence-electron chi connectivity index (χ4n) is 3.22. The second kappa shape index (κ2) is 21.7. The summed E-state index contributed by atoms with van der Waals surface area (Å²) in [7, 11) is 0. The van der Waals surface area contributed by atoms with Crippen LogP contribution in [0.1, 0.15) is 117 Å². The van der Waals surface area contributed by atoms with E-state index >= 15 is 0 Å². The Morgan fingerprint density at radius 2 is 1.26 bits per heavy atom. The summed E-state index contributed by atoms with van der Waals surface area (Å²) in [5.74, 6) is 0.0829. The van der Waals surface area contributed by atoms with Gasteiger partial charge in [-0.1, -0.05) is 97.3 Å². The van der Waals surface area contributed by atoms with E-state index in [0.717, 1.165) is 19.3 Å². The molecule has 0 aliphatic rings. The average Bonchev–Trinajstić information content (AvgIpc) is 2.68. The molecule has 27 heavy (non-hydrogen) atoms. The monoisotopic (exact) mass is 385 g/mol. The third-order valence-electron chi connectivity index (χ3n) is 5.09. The first-order valence-corrected chi connectivity index (χ1v) is 11.7. The third kappa shape index (κ3) is 19.9. The minimum atomic E-state index is -0.271. The maximum atomic E-state index is 11.9. The van der Waals surface area contributed by atoms with Gasteiger partial charge in [-0.25, -0.2) is 0 Å². The number of unbranched alkanes of at least 4 members (excludes halogenated alkanes) is 13. The van der Waals surface area contributed by atoms with E-state index in [1.54, 1.807) is 0 Å². The van der Waals surface area contributed by atoms with Gasteiger partial charge < -0.3 is 15.2 Å². The first-order valence-electron chi connectivity index (χ1n) is 11.7. The molecule has 0 spiro atoms. The quantitative estimate of drug-likeness (QED) is 0.247. The third-order valence-corrected chi connectivity index (χ3v) is 5.09. The van der Waals surface area contributed by atoms with Crippen LogP contribution >= 0.6 is 0 Å². The van der Waals surface area contributed by atoms with Crippen LogP contribution in [0.3, 0.4) is 0 Å². The number of hydrogen-bond acceptors (Lipinski definition) is 3. The van der Waals surface area contributed by atoms with E-state index in [0.29, 0.717) is 19.6 Å². The summed E-state index contributed by atoms with van der Waals surface area (Å²) in [6.07, 6.45) is 19.0. The number of nitrogens with one attached hydrogen (secondary N) is 1. The number of ether oxygens (including phenoxy) is 1. The lowest BCUT2D eigenvalue weighted by atomic mass is 10.1. The van der Waals surface area contributed by atoms with Gasteiger partial charge in [-0.05, 0) is 12.8 Å². The Balaban J connectivity index is 3.46. The molecule has 0 saturated carbocycles. The molecule has 2 N–H and O–H groups in total. The fraction of sp³-hybridized carbons (Fsp3) is 0.957. The summed E-state index contributed by atoms with van der Waals surface area (Å²) in [6.45, 7) is 5.52. The van der Waals surface area contributed by atoms with Crippen LogP contribution in [-0.2, 0) is 9.53 Å². The zero-order chi connectivity index (χ0) is 20.0. The maximum absolute atomic E-state index is 11.9. The van der Waals surface area contributed by atoms with Crippen LogP contribution in [0.2, 0.25) is 0 Å². The Morgan fingerprint density at radius 1 is 0.778 bits per heavy atom. The van der Waals surface area contributed by atoms with Crippen molar-refractivity contribution < 1.29 is 14.6 Å². The average molecular weight is 386 g/mol. The Bertz CT molecular complexity index is 310. The number of hydrogen-bond donors (Lipinski definition) is 2. The molecule has 0 aliphatic heterocycles. The largest absolute Gasteiger partial charge is 0.394 e. The first kappa shape index (κ1) is 26.4. The molecule has 0 fully saturated rings. The van der Waals surface area contributed by atoms with Gasteiger partial charge in [-0.2, -0.15) is 0 Å². The van der Waals surface area contributed by atoms with E-state index < -0.39 is 0 Å². The highest BCUT2D eigenvalue weighted by atomic mass is 16.5. The van der Waals surface area contributed by atoms with Crippen molar-refractivity contribution in [2.75, 3.05) is 19.8 Å². The van der Waals surface area contributed by atoms with Crippen molar-refractivity contribution >= 4 is 5.91 Å². The topological polar surface area (TPSA) is 58.6 Å². The van der Waals surface area contributed by atoms with Crippen molar-refractivity contribution in [1.29, 1.82) is 0 Å². The number of aliphatic hydroxyl groups is 1. The van der Waals surface area contributed by atoms with Crippen molar-refractivity contribution in [1.82, 2.24) is 5.32 Å². The summed E-state index contributed by atoms with van der Waals surface area (Å²) < 4.78 is 5.68. The van der Waals surface area contributed by atoms with Gasteiger partial charge in [-0.3, -0.25) is 4.79 Å². The second-order valence-corrected chi connectivity index (χ2v) is 7.83. The molecule has 0 rings (SSSR count). The van der Waals surface area contributed by atoms with Crippen LogP contribution in [0.25, 0.3) is 0 Å². The smallest absolute Gasteiger partial charge is 0.220 e.